The number of likely N-dealkylation sites (tertiary alicyclic amines) is 1. The number of hydrogen-bond donors (Lipinski definition) is 0. The van der Waals surface area contributed by atoms with E-state index in [0.717, 1.165) is 48.6 Å². The van der Waals surface area contributed by atoms with E-state index in [1.54, 1.807) is 7.11 Å². The minimum Gasteiger partial charge on any atom is -0.497 e. The molecule has 1 unspecified atom stereocenters. The molecule has 1 aliphatic rings. The molecule has 0 spiro atoms. The van der Waals surface area contributed by atoms with Gasteiger partial charge in [0.05, 0.1) is 7.11 Å². The summed E-state index contributed by atoms with van der Waals surface area (Å²) in [5.41, 5.74) is 1.09. The molecule has 1 saturated heterocycles. The summed E-state index contributed by atoms with van der Waals surface area (Å²) < 4.78 is 10.8. The maximum atomic E-state index is 11.9. The molecule has 0 bridgehead atoms. The maximum absolute atomic E-state index is 11.9. The third-order valence-corrected chi connectivity index (χ3v) is 4.54. The second kappa shape index (κ2) is 9.70. The smallest absolute Gasteiger partial charge is 0.224 e. The van der Waals surface area contributed by atoms with Crippen LogP contribution in [-0.4, -0.2) is 37.3 Å². The summed E-state index contributed by atoms with van der Waals surface area (Å²) in [6.07, 6.45) is 8.28. The molecule has 0 saturated carbocycles. The molecule has 1 aliphatic heterocycles. The lowest BCUT2D eigenvalue weighted by Gasteiger charge is -2.23. The lowest BCUT2D eigenvalue weighted by atomic mass is 10.1. The van der Waals surface area contributed by atoms with Crippen molar-refractivity contribution in [1.82, 2.24) is 4.90 Å². The third kappa shape index (κ3) is 5.25. The number of amides is 1. The number of rotatable bonds is 9. The third-order valence-electron chi connectivity index (χ3n) is 4.17. The minimum atomic E-state index is -0.0357. The Labute approximate surface area is 149 Å². The van der Waals surface area contributed by atoms with Crippen LogP contribution in [0.15, 0.2) is 30.4 Å². The second-order valence-electron chi connectivity index (χ2n) is 5.79. The van der Waals surface area contributed by atoms with Gasteiger partial charge in [0.15, 0.2) is 0 Å². The Morgan fingerprint density at radius 3 is 2.88 bits per heavy atom. The zero-order valence-corrected chi connectivity index (χ0v) is 15.2. The average Bonchev–Trinajstić information content (AvgIpc) is 2.93. The van der Waals surface area contributed by atoms with Crippen LogP contribution in [-0.2, 0) is 16.0 Å². The molecule has 1 aromatic carbocycles. The minimum absolute atomic E-state index is 0.0357. The van der Waals surface area contributed by atoms with E-state index in [0.29, 0.717) is 13.0 Å². The first-order valence-electron chi connectivity index (χ1n) is 8.54. The van der Waals surface area contributed by atoms with Crippen LogP contribution in [0.3, 0.4) is 0 Å². The monoisotopic (exact) mass is 351 g/mol. The van der Waals surface area contributed by atoms with Gasteiger partial charge in [-0.1, -0.05) is 23.8 Å². The van der Waals surface area contributed by atoms with E-state index in [9.17, 15) is 4.79 Å². The number of carbonyl (C=O) groups is 1. The number of ether oxygens (including phenoxy) is 2. The van der Waals surface area contributed by atoms with Gasteiger partial charge in [-0.05, 0) is 49.9 Å². The van der Waals surface area contributed by atoms with Gasteiger partial charge >= 0.3 is 0 Å². The van der Waals surface area contributed by atoms with Gasteiger partial charge in [0.2, 0.25) is 5.91 Å². The standard InChI is InChI=1S/C19H26ClNO3/c1-3-24-19-12-11-18(22)21(19)13-7-5-4-6-8-15-14-16(23-2)9-10-17(15)20/h4-5,9-10,14,19H,3,6-8,11-13H2,1-2H3/b5-4+. The number of benzene rings is 1. The van der Waals surface area contributed by atoms with Crippen LogP contribution in [0.5, 0.6) is 5.75 Å². The Morgan fingerprint density at radius 1 is 1.33 bits per heavy atom. The molecule has 1 atom stereocenters. The summed E-state index contributed by atoms with van der Waals surface area (Å²) in [4.78, 5) is 13.7. The van der Waals surface area contributed by atoms with Crippen molar-refractivity contribution in [1.29, 1.82) is 0 Å². The highest BCUT2D eigenvalue weighted by Crippen LogP contribution is 2.23. The molecule has 1 heterocycles. The second-order valence-corrected chi connectivity index (χ2v) is 6.20. The number of hydrogen-bond acceptors (Lipinski definition) is 3. The van der Waals surface area contributed by atoms with Crippen LogP contribution in [0.4, 0.5) is 0 Å². The van der Waals surface area contributed by atoms with Crippen LogP contribution in [0.2, 0.25) is 5.02 Å². The van der Waals surface area contributed by atoms with E-state index < -0.39 is 0 Å². The lowest BCUT2D eigenvalue weighted by Crippen LogP contribution is -2.35. The summed E-state index contributed by atoms with van der Waals surface area (Å²) in [6.45, 7) is 3.33. The summed E-state index contributed by atoms with van der Waals surface area (Å²) in [7, 11) is 1.65. The molecule has 5 heteroatoms. The van der Waals surface area contributed by atoms with Crippen molar-refractivity contribution >= 4 is 17.5 Å². The first kappa shape index (κ1) is 18.8. The van der Waals surface area contributed by atoms with Gasteiger partial charge in [-0.25, -0.2) is 0 Å². The number of carbonyl (C=O) groups excluding carboxylic acids is 1. The van der Waals surface area contributed by atoms with Crippen molar-refractivity contribution in [2.24, 2.45) is 0 Å². The zero-order chi connectivity index (χ0) is 17.4. The predicted molar refractivity (Wildman–Crippen MR) is 96.4 cm³/mol. The molecule has 4 nitrogen and oxygen atoms in total. The van der Waals surface area contributed by atoms with Crippen LogP contribution in [0.25, 0.3) is 0 Å². The van der Waals surface area contributed by atoms with Crippen LogP contribution in [0.1, 0.15) is 38.2 Å². The molecular formula is C19H26ClNO3. The summed E-state index contributed by atoms with van der Waals surface area (Å²) in [6, 6.07) is 5.71. The van der Waals surface area contributed by atoms with Gasteiger partial charge in [-0.3, -0.25) is 4.79 Å². The molecule has 1 amide bonds. The van der Waals surface area contributed by atoms with Crippen LogP contribution < -0.4 is 4.74 Å². The summed E-state index contributed by atoms with van der Waals surface area (Å²) in [5, 5.41) is 0.770. The quantitative estimate of drug-likeness (QED) is 0.625. The van der Waals surface area contributed by atoms with Crippen molar-refractivity contribution in [2.75, 3.05) is 20.3 Å². The molecule has 1 aromatic rings. The Hall–Kier alpha value is -1.52. The SMILES string of the molecule is CCOC1CCC(=O)N1CC/C=C/CCc1cc(OC)ccc1Cl. The first-order chi connectivity index (χ1) is 11.7. The van der Waals surface area contributed by atoms with Gasteiger partial charge in [-0.2, -0.15) is 0 Å². The largest absolute Gasteiger partial charge is 0.497 e. The van der Waals surface area contributed by atoms with E-state index in [-0.39, 0.29) is 12.1 Å². The summed E-state index contributed by atoms with van der Waals surface area (Å²) >= 11 is 6.20. The zero-order valence-electron chi connectivity index (χ0n) is 14.5. The Bertz CT molecular complexity index is 574. The van der Waals surface area contributed by atoms with Crippen molar-refractivity contribution in [3.8, 4) is 5.75 Å². The molecule has 0 aliphatic carbocycles. The molecule has 1 fully saturated rings. The van der Waals surface area contributed by atoms with E-state index >= 15 is 0 Å². The van der Waals surface area contributed by atoms with E-state index in [1.807, 2.05) is 30.0 Å². The highest BCUT2D eigenvalue weighted by Gasteiger charge is 2.30. The molecular weight excluding hydrogens is 326 g/mol. The Kier molecular flexibility index (Phi) is 7.60. The molecule has 0 aromatic heterocycles. The average molecular weight is 352 g/mol. The van der Waals surface area contributed by atoms with Crippen molar-refractivity contribution < 1.29 is 14.3 Å². The van der Waals surface area contributed by atoms with Gasteiger partial charge in [0, 0.05) is 31.0 Å². The number of aryl methyl sites for hydroxylation is 1. The lowest BCUT2D eigenvalue weighted by molar-refractivity contribution is -0.135. The van der Waals surface area contributed by atoms with Crippen molar-refractivity contribution in [3.63, 3.8) is 0 Å². The van der Waals surface area contributed by atoms with Crippen molar-refractivity contribution in [2.45, 2.75) is 45.3 Å². The van der Waals surface area contributed by atoms with Crippen LogP contribution in [0, 0.1) is 0 Å². The normalized spacial score (nSPS) is 17.9. The van der Waals surface area contributed by atoms with Gasteiger partial charge in [0.25, 0.3) is 0 Å². The number of halogens is 1. The highest BCUT2D eigenvalue weighted by molar-refractivity contribution is 6.31. The fourth-order valence-corrected chi connectivity index (χ4v) is 3.11. The number of nitrogens with zero attached hydrogens (tertiary/aromatic N) is 1. The summed E-state index contributed by atoms with van der Waals surface area (Å²) in [5.74, 6) is 1.03. The van der Waals surface area contributed by atoms with E-state index in [4.69, 9.17) is 21.1 Å². The molecule has 24 heavy (non-hydrogen) atoms. The van der Waals surface area contributed by atoms with E-state index in [2.05, 4.69) is 12.2 Å². The maximum Gasteiger partial charge on any atom is 0.224 e. The Balaban J connectivity index is 1.74. The molecule has 0 N–H and O–H groups in total. The predicted octanol–water partition coefficient (Wildman–Crippen LogP) is 4.21. The Morgan fingerprint density at radius 2 is 2.12 bits per heavy atom. The fraction of sp³-hybridized carbons (Fsp3) is 0.526. The first-order valence-corrected chi connectivity index (χ1v) is 8.92. The molecule has 0 radical (unpaired) electrons. The van der Waals surface area contributed by atoms with E-state index in [1.165, 1.54) is 0 Å². The fourth-order valence-electron chi connectivity index (χ4n) is 2.90. The number of allylic oxidation sites excluding steroid dienone is 1. The van der Waals surface area contributed by atoms with Gasteiger partial charge in [0.1, 0.15) is 12.0 Å². The topological polar surface area (TPSA) is 38.8 Å². The highest BCUT2D eigenvalue weighted by atomic mass is 35.5. The number of methoxy groups -OCH3 is 1. The van der Waals surface area contributed by atoms with Gasteiger partial charge < -0.3 is 14.4 Å². The van der Waals surface area contributed by atoms with Gasteiger partial charge in [-0.15, -0.1) is 0 Å². The van der Waals surface area contributed by atoms with Crippen LogP contribution >= 0.6 is 11.6 Å². The molecule has 2 rings (SSSR count). The van der Waals surface area contributed by atoms with Crippen molar-refractivity contribution in [3.05, 3.63) is 40.9 Å². The molecule has 132 valence electrons.